The van der Waals surface area contributed by atoms with Gasteiger partial charge in [-0.15, -0.1) is 0 Å². The van der Waals surface area contributed by atoms with Crippen molar-refractivity contribution in [3.05, 3.63) is 18.0 Å². The zero-order valence-electron chi connectivity index (χ0n) is 15.9. The minimum atomic E-state index is -0.461. The van der Waals surface area contributed by atoms with Gasteiger partial charge in [0.25, 0.3) is 0 Å². The highest BCUT2D eigenvalue weighted by atomic mass is 16.6. The van der Waals surface area contributed by atoms with E-state index in [1.54, 1.807) is 4.90 Å². The maximum atomic E-state index is 11.9. The maximum Gasteiger partial charge on any atom is 0.410 e. The Morgan fingerprint density at radius 1 is 1.44 bits per heavy atom. The van der Waals surface area contributed by atoms with Gasteiger partial charge in [0.2, 0.25) is 0 Å². The summed E-state index contributed by atoms with van der Waals surface area (Å²) < 4.78 is 7.25. The standard InChI is InChI=1S/C17H30N6O2/c1-6-18-15(19-7-8-23-10-13(2)9-20-23)21-14-11-22(12-14)16(24)25-17(3,4)5/h9-10,14H,6-8,11-12H2,1-5H3,(H2,18,19,21). The van der Waals surface area contributed by atoms with Gasteiger partial charge < -0.3 is 20.3 Å². The molecule has 2 N–H and O–H groups in total. The lowest BCUT2D eigenvalue weighted by molar-refractivity contribution is 0.00701. The molecule has 1 amide bonds. The largest absolute Gasteiger partial charge is 0.444 e. The molecule has 1 aliphatic heterocycles. The second kappa shape index (κ2) is 8.22. The van der Waals surface area contributed by atoms with Gasteiger partial charge in [0.1, 0.15) is 5.60 Å². The van der Waals surface area contributed by atoms with Gasteiger partial charge in [-0.1, -0.05) is 0 Å². The molecular weight excluding hydrogens is 320 g/mol. The smallest absolute Gasteiger partial charge is 0.410 e. The summed E-state index contributed by atoms with van der Waals surface area (Å²) in [7, 11) is 0. The Bertz CT molecular complexity index is 599. The van der Waals surface area contributed by atoms with Crippen LogP contribution >= 0.6 is 0 Å². The zero-order valence-corrected chi connectivity index (χ0v) is 15.9. The van der Waals surface area contributed by atoms with Crippen LogP contribution < -0.4 is 10.6 Å². The summed E-state index contributed by atoms with van der Waals surface area (Å²) in [6.45, 7) is 13.1. The fraction of sp³-hybridized carbons (Fsp3) is 0.706. The Labute approximate surface area is 149 Å². The fourth-order valence-corrected chi connectivity index (χ4v) is 2.41. The minimum Gasteiger partial charge on any atom is -0.444 e. The fourth-order valence-electron chi connectivity index (χ4n) is 2.41. The van der Waals surface area contributed by atoms with Gasteiger partial charge in [-0.3, -0.25) is 9.67 Å². The first kappa shape index (κ1) is 19.1. The van der Waals surface area contributed by atoms with E-state index in [0.717, 1.165) is 24.6 Å². The molecule has 1 saturated heterocycles. The molecule has 1 fully saturated rings. The number of carbonyl (C=O) groups excluding carboxylic acids is 1. The molecule has 2 rings (SSSR count). The minimum absolute atomic E-state index is 0.192. The molecule has 0 saturated carbocycles. The number of hydrogen-bond donors (Lipinski definition) is 2. The number of amides is 1. The van der Waals surface area contributed by atoms with E-state index in [2.05, 4.69) is 20.7 Å². The van der Waals surface area contributed by atoms with E-state index in [-0.39, 0.29) is 12.1 Å². The molecule has 0 bridgehead atoms. The second-order valence-electron chi connectivity index (χ2n) is 7.27. The Hall–Kier alpha value is -2.25. The zero-order chi connectivity index (χ0) is 18.4. The van der Waals surface area contributed by atoms with Gasteiger partial charge in [-0.2, -0.15) is 5.10 Å². The van der Waals surface area contributed by atoms with E-state index < -0.39 is 5.60 Å². The number of ether oxygens (including phenoxy) is 1. The van der Waals surface area contributed by atoms with Gasteiger partial charge >= 0.3 is 6.09 Å². The molecule has 8 heteroatoms. The van der Waals surface area contributed by atoms with Crippen LogP contribution in [-0.4, -0.2) is 64.6 Å². The van der Waals surface area contributed by atoms with E-state index in [1.807, 2.05) is 51.7 Å². The average molecular weight is 350 g/mol. The summed E-state index contributed by atoms with van der Waals surface area (Å²) in [5, 5.41) is 10.8. The molecule has 0 spiro atoms. The van der Waals surface area contributed by atoms with Crippen molar-refractivity contribution in [2.45, 2.75) is 52.8 Å². The van der Waals surface area contributed by atoms with Crippen molar-refractivity contribution in [1.82, 2.24) is 25.3 Å². The lowest BCUT2D eigenvalue weighted by Crippen LogP contribution is -2.63. The monoisotopic (exact) mass is 350 g/mol. The molecule has 0 unspecified atom stereocenters. The topological polar surface area (TPSA) is 83.8 Å². The summed E-state index contributed by atoms with van der Waals surface area (Å²) in [5.74, 6) is 0.764. The first-order chi connectivity index (χ1) is 11.8. The van der Waals surface area contributed by atoms with E-state index in [0.29, 0.717) is 19.6 Å². The number of aliphatic imine (C=N–C) groups is 1. The summed E-state index contributed by atoms with van der Waals surface area (Å²) in [5.41, 5.74) is 0.683. The number of likely N-dealkylation sites (tertiary alicyclic amines) is 1. The van der Waals surface area contributed by atoms with Crippen molar-refractivity contribution < 1.29 is 9.53 Å². The van der Waals surface area contributed by atoms with E-state index in [1.165, 1.54) is 0 Å². The Morgan fingerprint density at radius 3 is 2.72 bits per heavy atom. The van der Waals surface area contributed by atoms with Crippen LogP contribution in [0.2, 0.25) is 0 Å². The molecule has 0 atom stereocenters. The highest BCUT2D eigenvalue weighted by Gasteiger charge is 2.34. The number of aromatic nitrogens is 2. The van der Waals surface area contributed by atoms with Gasteiger partial charge in [0.15, 0.2) is 5.96 Å². The van der Waals surface area contributed by atoms with Gasteiger partial charge in [0, 0.05) is 25.8 Å². The molecule has 0 radical (unpaired) electrons. The van der Waals surface area contributed by atoms with Crippen LogP contribution in [-0.2, 0) is 11.3 Å². The summed E-state index contributed by atoms with van der Waals surface area (Å²) in [4.78, 5) is 18.2. The van der Waals surface area contributed by atoms with Crippen LogP contribution in [0.5, 0.6) is 0 Å². The predicted octanol–water partition coefficient (Wildman–Crippen LogP) is 1.37. The summed E-state index contributed by atoms with van der Waals surface area (Å²) >= 11 is 0. The van der Waals surface area contributed by atoms with Crippen LogP contribution in [0.1, 0.15) is 33.3 Å². The summed E-state index contributed by atoms with van der Waals surface area (Å²) in [6.07, 6.45) is 3.58. The van der Waals surface area contributed by atoms with Crippen molar-refractivity contribution in [2.75, 3.05) is 26.2 Å². The van der Waals surface area contributed by atoms with Crippen molar-refractivity contribution in [1.29, 1.82) is 0 Å². The molecule has 1 aromatic rings. The lowest BCUT2D eigenvalue weighted by Gasteiger charge is -2.40. The van der Waals surface area contributed by atoms with Gasteiger partial charge in [-0.25, -0.2) is 4.79 Å². The Morgan fingerprint density at radius 2 is 2.16 bits per heavy atom. The molecule has 1 aliphatic rings. The van der Waals surface area contributed by atoms with E-state index in [4.69, 9.17) is 4.74 Å². The highest BCUT2D eigenvalue weighted by Crippen LogP contribution is 2.15. The number of aryl methyl sites for hydroxylation is 1. The normalized spacial score (nSPS) is 15.7. The van der Waals surface area contributed by atoms with Gasteiger partial charge in [-0.05, 0) is 40.2 Å². The Balaban J connectivity index is 1.76. The molecule has 25 heavy (non-hydrogen) atoms. The quantitative estimate of drug-likeness (QED) is 0.619. The van der Waals surface area contributed by atoms with Crippen LogP contribution in [0.4, 0.5) is 4.79 Å². The van der Waals surface area contributed by atoms with Crippen LogP contribution in [0.25, 0.3) is 0 Å². The highest BCUT2D eigenvalue weighted by molar-refractivity contribution is 5.80. The average Bonchev–Trinajstić information content (AvgIpc) is 2.85. The van der Waals surface area contributed by atoms with Crippen molar-refractivity contribution in [3.63, 3.8) is 0 Å². The van der Waals surface area contributed by atoms with Crippen molar-refractivity contribution in [3.8, 4) is 0 Å². The number of hydrogen-bond acceptors (Lipinski definition) is 4. The van der Waals surface area contributed by atoms with Crippen LogP contribution in [0.15, 0.2) is 17.4 Å². The molecule has 8 nitrogen and oxygen atoms in total. The van der Waals surface area contributed by atoms with Gasteiger partial charge in [0.05, 0.1) is 25.3 Å². The van der Waals surface area contributed by atoms with Crippen LogP contribution in [0, 0.1) is 6.92 Å². The summed E-state index contributed by atoms with van der Waals surface area (Å²) in [6, 6.07) is 0.192. The third kappa shape index (κ3) is 6.28. The number of rotatable bonds is 5. The van der Waals surface area contributed by atoms with Crippen molar-refractivity contribution >= 4 is 12.1 Å². The molecular formula is C17H30N6O2. The SMILES string of the molecule is CCNC(=NCCn1cc(C)cn1)NC1CN(C(=O)OC(C)(C)C)C1. The van der Waals surface area contributed by atoms with Crippen molar-refractivity contribution in [2.24, 2.45) is 4.99 Å². The number of guanidine groups is 1. The molecule has 2 heterocycles. The first-order valence-electron chi connectivity index (χ1n) is 8.78. The van der Waals surface area contributed by atoms with E-state index >= 15 is 0 Å². The van der Waals surface area contributed by atoms with Crippen LogP contribution in [0.3, 0.4) is 0 Å². The van der Waals surface area contributed by atoms with E-state index in [9.17, 15) is 4.79 Å². The molecule has 140 valence electrons. The molecule has 0 aliphatic carbocycles. The lowest BCUT2D eigenvalue weighted by atomic mass is 10.1. The first-order valence-corrected chi connectivity index (χ1v) is 8.78. The maximum absolute atomic E-state index is 11.9. The molecule has 1 aromatic heterocycles. The number of nitrogens with zero attached hydrogens (tertiary/aromatic N) is 4. The Kier molecular flexibility index (Phi) is 6.27. The molecule has 0 aromatic carbocycles. The third-order valence-electron chi connectivity index (χ3n) is 3.58. The number of nitrogens with one attached hydrogen (secondary N) is 2. The second-order valence-corrected chi connectivity index (χ2v) is 7.27. The predicted molar refractivity (Wildman–Crippen MR) is 97.7 cm³/mol. The third-order valence-corrected chi connectivity index (χ3v) is 3.58. The number of carbonyl (C=O) groups is 1.